The monoisotopic (exact) mass is 318 g/mol. The minimum Gasteiger partial charge on any atom is -0.273 e. The third-order valence-corrected chi connectivity index (χ3v) is 3.98. The summed E-state index contributed by atoms with van der Waals surface area (Å²) in [5.74, 6) is 0.501. The van der Waals surface area contributed by atoms with Crippen LogP contribution in [0.15, 0.2) is 30.7 Å². The molecule has 0 bridgehead atoms. The maximum atomic E-state index is 6.22. The van der Waals surface area contributed by atoms with E-state index in [1.807, 2.05) is 25.4 Å². The van der Waals surface area contributed by atoms with Gasteiger partial charge in [-0.05, 0) is 12.1 Å². The molecule has 0 atom stereocenters. The van der Waals surface area contributed by atoms with Crippen LogP contribution in [0.3, 0.4) is 0 Å². The number of rotatable bonds is 1. The molecular formula is C13H8Cl2N6. The van der Waals surface area contributed by atoms with Crippen molar-refractivity contribution in [2.45, 2.75) is 0 Å². The van der Waals surface area contributed by atoms with Crippen molar-refractivity contribution in [2.75, 3.05) is 0 Å². The smallest absolute Gasteiger partial charge is 0.186 e. The van der Waals surface area contributed by atoms with Crippen LogP contribution in [0.5, 0.6) is 0 Å². The normalized spacial score (nSPS) is 11.6. The highest BCUT2D eigenvalue weighted by molar-refractivity contribution is 6.43. The molecule has 8 heteroatoms. The predicted molar refractivity (Wildman–Crippen MR) is 80.5 cm³/mol. The van der Waals surface area contributed by atoms with E-state index in [2.05, 4.69) is 20.2 Å². The Morgan fingerprint density at radius 2 is 2.00 bits per heavy atom. The molecule has 104 valence electrons. The van der Waals surface area contributed by atoms with Crippen LogP contribution in [0.1, 0.15) is 0 Å². The first-order chi connectivity index (χ1) is 10.1. The summed E-state index contributed by atoms with van der Waals surface area (Å²) < 4.78 is 3.30. The van der Waals surface area contributed by atoms with E-state index >= 15 is 0 Å². The Kier molecular flexibility index (Phi) is 2.63. The van der Waals surface area contributed by atoms with Gasteiger partial charge in [0.25, 0.3) is 0 Å². The Bertz CT molecular complexity index is 987. The summed E-state index contributed by atoms with van der Waals surface area (Å²) in [7, 11) is 1.84. The SMILES string of the molecule is Cn1cc2c(ncn3nc(-c4cccc(Cl)c4Cl)nc23)n1. The van der Waals surface area contributed by atoms with E-state index in [1.54, 1.807) is 21.6 Å². The second-order valence-corrected chi connectivity index (χ2v) is 5.37. The highest BCUT2D eigenvalue weighted by Crippen LogP contribution is 2.32. The van der Waals surface area contributed by atoms with Crippen LogP contribution in [0.2, 0.25) is 10.0 Å². The third kappa shape index (κ3) is 1.87. The highest BCUT2D eigenvalue weighted by atomic mass is 35.5. The summed E-state index contributed by atoms with van der Waals surface area (Å²) in [6.07, 6.45) is 3.44. The zero-order chi connectivity index (χ0) is 14.6. The predicted octanol–water partition coefficient (Wildman–Crippen LogP) is 2.98. The summed E-state index contributed by atoms with van der Waals surface area (Å²) in [5.41, 5.74) is 1.99. The van der Waals surface area contributed by atoms with Crippen molar-refractivity contribution in [3.05, 3.63) is 40.8 Å². The first kappa shape index (κ1) is 12.6. The Hall–Kier alpha value is -2.18. The van der Waals surface area contributed by atoms with Gasteiger partial charge >= 0.3 is 0 Å². The van der Waals surface area contributed by atoms with Gasteiger partial charge in [0, 0.05) is 18.8 Å². The second kappa shape index (κ2) is 4.41. The summed E-state index contributed by atoms with van der Waals surface area (Å²) >= 11 is 12.3. The van der Waals surface area contributed by atoms with E-state index in [0.29, 0.717) is 32.7 Å². The molecule has 0 spiro atoms. The molecule has 4 rings (SSSR count). The van der Waals surface area contributed by atoms with Crippen LogP contribution in [-0.4, -0.2) is 29.4 Å². The Morgan fingerprint density at radius 1 is 1.14 bits per heavy atom. The van der Waals surface area contributed by atoms with E-state index in [-0.39, 0.29) is 0 Å². The molecule has 21 heavy (non-hydrogen) atoms. The van der Waals surface area contributed by atoms with Crippen LogP contribution in [0, 0.1) is 0 Å². The summed E-state index contributed by atoms with van der Waals surface area (Å²) in [4.78, 5) is 8.79. The van der Waals surface area contributed by atoms with Crippen LogP contribution in [0.4, 0.5) is 0 Å². The molecule has 3 aromatic heterocycles. The van der Waals surface area contributed by atoms with Gasteiger partial charge in [-0.25, -0.2) is 14.5 Å². The zero-order valence-electron chi connectivity index (χ0n) is 10.8. The number of aryl methyl sites for hydroxylation is 1. The fraction of sp³-hybridized carbons (Fsp3) is 0.0769. The van der Waals surface area contributed by atoms with Gasteiger partial charge in [0.15, 0.2) is 17.1 Å². The van der Waals surface area contributed by atoms with Crippen LogP contribution in [0.25, 0.3) is 28.1 Å². The van der Waals surface area contributed by atoms with Gasteiger partial charge in [0.05, 0.1) is 15.4 Å². The van der Waals surface area contributed by atoms with E-state index in [9.17, 15) is 0 Å². The van der Waals surface area contributed by atoms with Gasteiger partial charge in [-0.3, -0.25) is 4.68 Å². The minimum atomic E-state index is 0.436. The lowest BCUT2D eigenvalue weighted by Crippen LogP contribution is -1.90. The molecule has 6 nitrogen and oxygen atoms in total. The highest BCUT2D eigenvalue weighted by Gasteiger charge is 2.15. The van der Waals surface area contributed by atoms with E-state index in [0.717, 1.165) is 5.39 Å². The molecule has 0 aliphatic carbocycles. The number of hydrogen-bond acceptors (Lipinski definition) is 4. The second-order valence-electron chi connectivity index (χ2n) is 4.59. The van der Waals surface area contributed by atoms with Crippen molar-refractivity contribution in [3.63, 3.8) is 0 Å². The van der Waals surface area contributed by atoms with Gasteiger partial charge in [-0.15, -0.1) is 5.10 Å². The van der Waals surface area contributed by atoms with Crippen molar-refractivity contribution < 1.29 is 0 Å². The topological polar surface area (TPSA) is 60.9 Å². The largest absolute Gasteiger partial charge is 0.273 e. The third-order valence-electron chi connectivity index (χ3n) is 3.16. The number of benzene rings is 1. The number of nitrogens with zero attached hydrogens (tertiary/aromatic N) is 6. The minimum absolute atomic E-state index is 0.436. The molecule has 3 heterocycles. The fourth-order valence-corrected chi connectivity index (χ4v) is 2.60. The van der Waals surface area contributed by atoms with Crippen molar-refractivity contribution in [3.8, 4) is 11.4 Å². The molecule has 1 aromatic carbocycles. The average Bonchev–Trinajstić information content (AvgIpc) is 3.03. The summed E-state index contributed by atoms with van der Waals surface area (Å²) in [6, 6.07) is 5.37. The van der Waals surface area contributed by atoms with Gasteiger partial charge < -0.3 is 0 Å². The maximum Gasteiger partial charge on any atom is 0.186 e. The van der Waals surface area contributed by atoms with Gasteiger partial charge in [-0.2, -0.15) is 5.10 Å². The van der Waals surface area contributed by atoms with Crippen LogP contribution in [-0.2, 0) is 7.05 Å². The Labute approximate surface area is 128 Å². The molecular weight excluding hydrogens is 311 g/mol. The lowest BCUT2D eigenvalue weighted by molar-refractivity contribution is 0.775. The summed E-state index contributed by atoms with van der Waals surface area (Å²) in [5, 5.41) is 10.4. The molecule has 0 saturated heterocycles. The van der Waals surface area contributed by atoms with Crippen molar-refractivity contribution in [1.29, 1.82) is 0 Å². The van der Waals surface area contributed by atoms with Gasteiger partial charge in [0.2, 0.25) is 0 Å². The average molecular weight is 319 g/mol. The Morgan fingerprint density at radius 3 is 2.86 bits per heavy atom. The Balaban J connectivity index is 2.02. The van der Waals surface area contributed by atoms with Crippen molar-refractivity contribution in [1.82, 2.24) is 29.4 Å². The number of fused-ring (bicyclic) bond motifs is 3. The van der Waals surface area contributed by atoms with E-state index in [4.69, 9.17) is 23.2 Å². The van der Waals surface area contributed by atoms with E-state index in [1.165, 1.54) is 0 Å². The quantitative estimate of drug-likeness (QED) is 0.541. The molecule has 0 N–H and O–H groups in total. The number of hydrogen-bond donors (Lipinski definition) is 0. The standard InChI is InChI=1S/C13H8Cl2N6/c1-20-5-8-11(18-20)16-6-21-13(8)17-12(19-21)7-3-2-4-9(14)10(7)15/h2-6H,1H3. The molecule has 0 radical (unpaired) electrons. The molecule has 0 saturated carbocycles. The summed E-state index contributed by atoms with van der Waals surface area (Å²) in [6.45, 7) is 0. The van der Waals surface area contributed by atoms with E-state index < -0.39 is 0 Å². The number of aromatic nitrogens is 6. The van der Waals surface area contributed by atoms with Crippen LogP contribution < -0.4 is 0 Å². The molecule has 0 fully saturated rings. The molecule has 0 aliphatic heterocycles. The molecule has 0 amide bonds. The maximum absolute atomic E-state index is 6.22. The molecule has 4 aromatic rings. The lowest BCUT2D eigenvalue weighted by Gasteiger charge is -2.00. The molecule has 0 aliphatic rings. The van der Waals surface area contributed by atoms with Crippen molar-refractivity contribution in [2.24, 2.45) is 7.05 Å². The van der Waals surface area contributed by atoms with Gasteiger partial charge in [0.1, 0.15) is 6.33 Å². The first-order valence-corrected chi connectivity index (χ1v) is 6.88. The lowest BCUT2D eigenvalue weighted by atomic mass is 10.2. The fourth-order valence-electron chi connectivity index (χ4n) is 2.22. The first-order valence-electron chi connectivity index (χ1n) is 6.12. The molecule has 0 unspecified atom stereocenters. The number of halogens is 2. The zero-order valence-corrected chi connectivity index (χ0v) is 12.3. The van der Waals surface area contributed by atoms with Gasteiger partial charge in [-0.1, -0.05) is 29.3 Å². The van der Waals surface area contributed by atoms with Crippen molar-refractivity contribution >= 4 is 39.9 Å². The van der Waals surface area contributed by atoms with Crippen LogP contribution >= 0.6 is 23.2 Å².